The normalized spacial score (nSPS) is 10.1. The molecule has 2 rings (SSSR count). The lowest BCUT2D eigenvalue weighted by Crippen LogP contribution is -2.20. The Morgan fingerprint density at radius 2 is 2.19 bits per heavy atom. The number of carbonyl (C=O) groups is 2. The van der Waals surface area contributed by atoms with Gasteiger partial charge in [0.25, 0.3) is 5.69 Å². The number of hydrogen-bond donors (Lipinski definition) is 2. The molecule has 9 heteroatoms. The van der Waals surface area contributed by atoms with Gasteiger partial charge in [0.05, 0.1) is 16.2 Å². The van der Waals surface area contributed by atoms with Crippen molar-refractivity contribution < 1.29 is 19.6 Å². The summed E-state index contributed by atoms with van der Waals surface area (Å²) in [6.45, 7) is -0.0942. The summed E-state index contributed by atoms with van der Waals surface area (Å²) in [5.74, 6) is -1.86. The van der Waals surface area contributed by atoms with Gasteiger partial charge < -0.3 is 10.4 Å². The van der Waals surface area contributed by atoms with Crippen LogP contribution in [0.3, 0.4) is 0 Å². The van der Waals surface area contributed by atoms with Crippen LogP contribution in [0.1, 0.15) is 10.4 Å². The van der Waals surface area contributed by atoms with E-state index < -0.39 is 16.8 Å². The first-order valence-electron chi connectivity index (χ1n) is 5.76. The smallest absolute Gasteiger partial charge is 0.338 e. The molecule has 0 spiro atoms. The van der Waals surface area contributed by atoms with Crippen LogP contribution < -0.4 is 5.32 Å². The van der Waals surface area contributed by atoms with Crippen LogP contribution in [-0.2, 0) is 11.3 Å². The van der Waals surface area contributed by atoms with Gasteiger partial charge in [-0.25, -0.2) is 4.79 Å². The van der Waals surface area contributed by atoms with Crippen molar-refractivity contribution in [2.24, 2.45) is 0 Å². The molecule has 0 saturated heterocycles. The van der Waals surface area contributed by atoms with Gasteiger partial charge in [-0.05, 0) is 12.1 Å². The van der Waals surface area contributed by atoms with Crippen LogP contribution in [0.25, 0.3) is 0 Å². The van der Waals surface area contributed by atoms with Gasteiger partial charge in [-0.3, -0.25) is 19.6 Å². The third kappa shape index (κ3) is 3.41. The Labute approximate surface area is 118 Å². The maximum Gasteiger partial charge on any atom is 0.338 e. The van der Waals surface area contributed by atoms with Crippen molar-refractivity contribution in [2.75, 3.05) is 5.32 Å². The first-order valence-corrected chi connectivity index (χ1v) is 5.76. The second-order valence-corrected chi connectivity index (χ2v) is 4.04. The molecule has 108 valence electrons. The number of carboxylic acid groups (broad SMARTS) is 1. The van der Waals surface area contributed by atoms with Crippen molar-refractivity contribution in [3.8, 4) is 0 Å². The number of carbonyl (C=O) groups excluding carboxylic acids is 1. The van der Waals surface area contributed by atoms with E-state index in [1.807, 2.05) is 0 Å². The molecule has 1 aromatic carbocycles. The fourth-order valence-corrected chi connectivity index (χ4v) is 1.66. The molecule has 0 aliphatic heterocycles. The number of rotatable bonds is 5. The van der Waals surface area contributed by atoms with Gasteiger partial charge >= 0.3 is 5.97 Å². The minimum Gasteiger partial charge on any atom is -0.478 e. The topological polar surface area (TPSA) is 127 Å². The second kappa shape index (κ2) is 5.82. The fraction of sp³-hybridized carbons (Fsp3) is 0.0833. The van der Waals surface area contributed by atoms with Crippen molar-refractivity contribution in [3.63, 3.8) is 0 Å². The van der Waals surface area contributed by atoms with Crippen molar-refractivity contribution in [2.45, 2.75) is 6.54 Å². The van der Waals surface area contributed by atoms with Crippen LogP contribution in [0.4, 0.5) is 11.4 Å². The average molecular weight is 290 g/mol. The molecule has 1 amide bonds. The first kappa shape index (κ1) is 14.2. The number of nitro benzene ring substituents is 1. The molecule has 0 unspecified atom stereocenters. The molecule has 0 aliphatic rings. The molecular weight excluding hydrogens is 280 g/mol. The van der Waals surface area contributed by atoms with Gasteiger partial charge in [-0.15, -0.1) is 0 Å². The number of benzene rings is 1. The van der Waals surface area contributed by atoms with Gasteiger partial charge in [-0.2, -0.15) is 5.10 Å². The van der Waals surface area contributed by atoms with Gasteiger partial charge in [-0.1, -0.05) is 0 Å². The zero-order valence-electron chi connectivity index (χ0n) is 10.6. The van der Waals surface area contributed by atoms with Gasteiger partial charge in [0.2, 0.25) is 5.91 Å². The Kier molecular flexibility index (Phi) is 3.93. The van der Waals surface area contributed by atoms with E-state index in [-0.39, 0.29) is 23.5 Å². The molecule has 0 radical (unpaired) electrons. The molecule has 0 aliphatic carbocycles. The maximum absolute atomic E-state index is 11.8. The number of carboxylic acids is 1. The predicted octanol–water partition coefficient (Wildman–Crippen LogP) is 1.13. The molecule has 0 atom stereocenters. The van der Waals surface area contributed by atoms with Gasteiger partial charge in [0, 0.05) is 24.5 Å². The van der Waals surface area contributed by atoms with Crippen LogP contribution in [0.2, 0.25) is 0 Å². The highest BCUT2D eigenvalue weighted by Crippen LogP contribution is 2.22. The van der Waals surface area contributed by atoms with E-state index in [2.05, 4.69) is 10.4 Å². The average Bonchev–Trinajstić information content (AvgIpc) is 2.91. The lowest BCUT2D eigenvalue weighted by molar-refractivity contribution is -0.384. The number of nitrogens with one attached hydrogen (secondary N) is 1. The van der Waals surface area contributed by atoms with Crippen molar-refractivity contribution in [1.82, 2.24) is 9.78 Å². The van der Waals surface area contributed by atoms with Crippen LogP contribution in [0.5, 0.6) is 0 Å². The number of nitrogens with zero attached hydrogens (tertiary/aromatic N) is 3. The Balaban J connectivity index is 2.21. The van der Waals surface area contributed by atoms with E-state index in [1.54, 1.807) is 12.3 Å². The minimum atomic E-state index is -1.37. The van der Waals surface area contributed by atoms with Crippen LogP contribution in [0.15, 0.2) is 36.7 Å². The van der Waals surface area contributed by atoms with Crippen molar-refractivity contribution in [3.05, 3.63) is 52.3 Å². The van der Waals surface area contributed by atoms with E-state index in [4.69, 9.17) is 5.11 Å². The van der Waals surface area contributed by atoms with Gasteiger partial charge in [0.15, 0.2) is 0 Å². The number of non-ortho nitro benzene ring substituents is 1. The second-order valence-electron chi connectivity index (χ2n) is 4.04. The monoisotopic (exact) mass is 290 g/mol. The highest BCUT2D eigenvalue weighted by Gasteiger charge is 2.17. The predicted molar refractivity (Wildman–Crippen MR) is 70.9 cm³/mol. The van der Waals surface area contributed by atoms with Crippen LogP contribution in [-0.4, -0.2) is 31.7 Å². The third-order valence-electron chi connectivity index (χ3n) is 2.58. The molecular formula is C12H10N4O5. The highest BCUT2D eigenvalue weighted by atomic mass is 16.6. The minimum absolute atomic E-state index is 0.00902. The number of amides is 1. The third-order valence-corrected chi connectivity index (χ3v) is 2.58. The Morgan fingerprint density at radius 3 is 2.76 bits per heavy atom. The van der Waals surface area contributed by atoms with E-state index in [1.165, 1.54) is 16.9 Å². The van der Waals surface area contributed by atoms with E-state index in [0.29, 0.717) is 0 Å². The molecule has 1 aromatic heterocycles. The fourth-order valence-electron chi connectivity index (χ4n) is 1.66. The lowest BCUT2D eigenvalue weighted by Gasteiger charge is -2.08. The van der Waals surface area contributed by atoms with E-state index in [0.717, 1.165) is 12.1 Å². The number of aromatic carboxylic acids is 1. The van der Waals surface area contributed by atoms with Crippen molar-refractivity contribution in [1.29, 1.82) is 0 Å². The van der Waals surface area contributed by atoms with Gasteiger partial charge in [0.1, 0.15) is 6.54 Å². The molecule has 2 aromatic rings. The molecule has 0 fully saturated rings. The Hall–Kier alpha value is -3.23. The van der Waals surface area contributed by atoms with Crippen molar-refractivity contribution >= 4 is 23.3 Å². The van der Waals surface area contributed by atoms with Crippen LogP contribution >= 0.6 is 0 Å². The summed E-state index contributed by atoms with van der Waals surface area (Å²) in [6, 6.07) is 4.84. The maximum atomic E-state index is 11.8. The summed E-state index contributed by atoms with van der Waals surface area (Å²) in [4.78, 5) is 32.8. The Morgan fingerprint density at radius 1 is 1.43 bits per heavy atom. The number of aromatic nitrogens is 2. The number of hydrogen-bond acceptors (Lipinski definition) is 5. The summed E-state index contributed by atoms with van der Waals surface area (Å²) >= 11 is 0. The number of anilines is 1. The summed E-state index contributed by atoms with van der Waals surface area (Å²) in [6.07, 6.45) is 3.08. The van der Waals surface area contributed by atoms with E-state index in [9.17, 15) is 19.7 Å². The number of nitro groups is 1. The zero-order chi connectivity index (χ0) is 15.4. The largest absolute Gasteiger partial charge is 0.478 e. The molecule has 2 N–H and O–H groups in total. The summed E-state index contributed by atoms with van der Waals surface area (Å²) < 4.78 is 1.36. The highest BCUT2D eigenvalue weighted by molar-refractivity contribution is 6.01. The summed E-state index contributed by atoms with van der Waals surface area (Å²) in [5, 5.41) is 25.9. The lowest BCUT2D eigenvalue weighted by atomic mass is 10.1. The SMILES string of the molecule is O=C(Cn1cccn1)Nc1ccc([N+](=O)[O-])cc1C(=O)O. The molecule has 21 heavy (non-hydrogen) atoms. The quantitative estimate of drug-likeness (QED) is 0.627. The van der Waals surface area contributed by atoms with Crippen LogP contribution in [0, 0.1) is 10.1 Å². The molecule has 0 saturated carbocycles. The van der Waals surface area contributed by atoms with E-state index >= 15 is 0 Å². The summed E-state index contributed by atoms with van der Waals surface area (Å²) in [7, 11) is 0. The standard InChI is InChI=1S/C12H10N4O5/c17-11(7-15-5-1-4-13-15)14-10-3-2-8(16(20)21)6-9(10)12(18)19/h1-6H,7H2,(H,14,17)(H,18,19). The molecule has 9 nitrogen and oxygen atoms in total. The zero-order valence-corrected chi connectivity index (χ0v) is 10.6. The molecule has 0 bridgehead atoms. The summed E-state index contributed by atoms with van der Waals surface area (Å²) in [5.41, 5.74) is -0.722. The Bertz CT molecular complexity index is 696. The first-order chi connectivity index (χ1) is 9.97. The molecule has 1 heterocycles.